The summed E-state index contributed by atoms with van der Waals surface area (Å²) in [6.45, 7) is 2.02. The predicted octanol–water partition coefficient (Wildman–Crippen LogP) is 2.78. The molecule has 0 fully saturated rings. The molecule has 2 N–H and O–H groups in total. The van der Waals surface area contributed by atoms with Crippen molar-refractivity contribution in [2.45, 2.75) is 6.92 Å². The van der Waals surface area contributed by atoms with E-state index in [-0.39, 0.29) is 0 Å². The van der Waals surface area contributed by atoms with E-state index in [1.54, 1.807) is 12.3 Å². The zero-order valence-corrected chi connectivity index (χ0v) is 9.34. The molecule has 1 aromatic carbocycles. The Morgan fingerprint density at radius 1 is 1.24 bits per heavy atom. The van der Waals surface area contributed by atoms with Crippen LogP contribution in [-0.2, 0) is 0 Å². The fraction of sp³-hybridized carbons (Fsp3) is 0.0769. The van der Waals surface area contributed by atoms with E-state index in [9.17, 15) is 0 Å². The number of rotatable bonds is 1. The van der Waals surface area contributed by atoms with Crippen LogP contribution < -0.4 is 5.73 Å². The van der Waals surface area contributed by atoms with Gasteiger partial charge in [-0.2, -0.15) is 0 Å². The molecule has 3 aromatic rings. The Morgan fingerprint density at radius 2 is 2.06 bits per heavy atom. The zero-order valence-electron chi connectivity index (χ0n) is 9.34. The van der Waals surface area contributed by atoms with Crippen LogP contribution in [0.25, 0.3) is 22.7 Å². The van der Waals surface area contributed by atoms with E-state index < -0.39 is 0 Å². The molecule has 0 saturated heterocycles. The SMILES string of the molecule is Cc1ccccc1-c1nc2cc(N)cnc2o1. The van der Waals surface area contributed by atoms with Gasteiger partial charge in [-0.05, 0) is 24.6 Å². The first kappa shape index (κ1) is 9.84. The number of nitrogens with zero attached hydrogens (tertiary/aromatic N) is 2. The summed E-state index contributed by atoms with van der Waals surface area (Å²) in [5.41, 5.74) is 9.53. The largest absolute Gasteiger partial charge is 0.418 e. The van der Waals surface area contributed by atoms with Gasteiger partial charge in [-0.1, -0.05) is 18.2 Å². The van der Waals surface area contributed by atoms with Crippen molar-refractivity contribution in [3.63, 3.8) is 0 Å². The van der Waals surface area contributed by atoms with Crippen molar-refractivity contribution in [1.82, 2.24) is 9.97 Å². The fourth-order valence-electron chi connectivity index (χ4n) is 1.77. The Labute approximate surface area is 98.1 Å². The summed E-state index contributed by atoms with van der Waals surface area (Å²) in [5.74, 6) is 0.580. The smallest absolute Gasteiger partial charge is 0.247 e. The van der Waals surface area contributed by atoms with Gasteiger partial charge in [0.25, 0.3) is 0 Å². The second-order valence-electron chi connectivity index (χ2n) is 3.93. The first-order valence-electron chi connectivity index (χ1n) is 5.32. The molecular formula is C13H11N3O. The molecule has 0 aliphatic rings. The third-order valence-corrected chi connectivity index (χ3v) is 2.64. The van der Waals surface area contributed by atoms with Crippen molar-refractivity contribution < 1.29 is 4.42 Å². The highest BCUT2D eigenvalue weighted by atomic mass is 16.4. The van der Waals surface area contributed by atoms with Gasteiger partial charge in [0.2, 0.25) is 11.6 Å². The standard InChI is InChI=1S/C13H11N3O/c1-8-4-2-3-5-10(8)12-16-11-6-9(14)7-15-13(11)17-12/h2-7H,14H2,1H3. The van der Waals surface area contributed by atoms with Gasteiger partial charge in [0, 0.05) is 5.56 Å². The molecule has 0 bridgehead atoms. The Hall–Kier alpha value is -2.36. The Kier molecular flexibility index (Phi) is 2.08. The molecule has 84 valence electrons. The van der Waals surface area contributed by atoms with Crippen LogP contribution in [0.1, 0.15) is 5.56 Å². The molecule has 0 radical (unpaired) electrons. The molecular weight excluding hydrogens is 214 g/mol. The summed E-state index contributed by atoms with van der Waals surface area (Å²) in [6.07, 6.45) is 1.56. The van der Waals surface area contributed by atoms with Gasteiger partial charge in [-0.25, -0.2) is 9.97 Å². The van der Waals surface area contributed by atoms with Crippen LogP contribution in [0.15, 0.2) is 40.9 Å². The number of fused-ring (bicyclic) bond motifs is 1. The van der Waals surface area contributed by atoms with Crippen LogP contribution in [0.5, 0.6) is 0 Å². The molecule has 17 heavy (non-hydrogen) atoms. The topological polar surface area (TPSA) is 64.9 Å². The fourth-order valence-corrected chi connectivity index (χ4v) is 1.77. The second-order valence-corrected chi connectivity index (χ2v) is 3.93. The Morgan fingerprint density at radius 3 is 2.88 bits per heavy atom. The van der Waals surface area contributed by atoms with Crippen LogP contribution in [0, 0.1) is 6.92 Å². The van der Waals surface area contributed by atoms with Gasteiger partial charge in [0.1, 0.15) is 5.52 Å². The summed E-state index contributed by atoms with van der Waals surface area (Å²) in [5, 5.41) is 0. The van der Waals surface area contributed by atoms with E-state index in [1.165, 1.54) is 0 Å². The molecule has 2 aromatic heterocycles. The van der Waals surface area contributed by atoms with Gasteiger partial charge >= 0.3 is 0 Å². The van der Waals surface area contributed by atoms with E-state index in [1.807, 2.05) is 31.2 Å². The molecule has 0 aliphatic carbocycles. The van der Waals surface area contributed by atoms with E-state index in [2.05, 4.69) is 9.97 Å². The molecule has 3 rings (SSSR count). The molecule has 2 heterocycles. The normalized spacial score (nSPS) is 10.9. The van der Waals surface area contributed by atoms with Crippen molar-refractivity contribution in [2.24, 2.45) is 0 Å². The van der Waals surface area contributed by atoms with E-state index in [4.69, 9.17) is 10.2 Å². The summed E-state index contributed by atoms with van der Waals surface area (Å²) < 4.78 is 5.61. The van der Waals surface area contributed by atoms with Gasteiger partial charge in [0.15, 0.2) is 0 Å². The maximum absolute atomic E-state index is 5.66. The zero-order chi connectivity index (χ0) is 11.8. The number of hydrogen-bond acceptors (Lipinski definition) is 4. The number of pyridine rings is 1. The van der Waals surface area contributed by atoms with Crippen LogP contribution in [0.4, 0.5) is 5.69 Å². The van der Waals surface area contributed by atoms with Crippen molar-refractivity contribution >= 4 is 16.9 Å². The molecule has 0 atom stereocenters. The minimum absolute atomic E-state index is 0.512. The number of aryl methyl sites for hydroxylation is 1. The first-order chi connectivity index (χ1) is 8.24. The van der Waals surface area contributed by atoms with Crippen LogP contribution in [0.2, 0.25) is 0 Å². The third kappa shape index (κ3) is 1.63. The maximum Gasteiger partial charge on any atom is 0.247 e. The second kappa shape index (κ2) is 3.59. The highest BCUT2D eigenvalue weighted by Gasteiger charge is 2.10. The number of oxazole rings is 1. The predicted molar refractivity (Wildman–Crippen MR) is 66.4 cm³/mol. The van der Waals surface area contributed by atoms with Crippen molar-refractivity contribution in [3.05, 3.63) is 42.1 Å². The van der Waals surface area contributed by atoms with Gasteiger partial charge in [-0.15, -0.1) is 0 Å². The average Bonchev–Trinajstić information content (AvgIpc) is 2.72. The lowest BCUT2D eigenvalue weighted by atomic mass is 10.1. The van der Waals surface area contributed by atoms with Crippen molar-refractivity contribution in [2.75, 3.05) is 5.73 Å². The lowest BCUT2D eigenvalue weighted by Gasteiger charge is -1.98. The summed E-state index contributed by atoms with van der Waals surface area (Å²) in [4.78, 5) is 8.50. The number of nitrogens with two attached hydrogens (primary N) is 1. The molecule has 0 spiro atoms. The number of nitrogen functional groups attached to an aromatic ring is 1. The number of anilines is 1. The van der Waals surface area contributed by atoms with Gasteiger partial charge in [0.05, 0.1) is 11.9 Å². The monoisotopic (exact) mass is 225 g/mol. The van der Waals surface area contributed by atoms with Crippen molar-refractivity contribution in [3.8, 4) is 11.5 Å². The molecule has 0 amide bonds. The first-order valence-corrected chi connectivity index (χ1v) is 5.32. The highest BCUT2D eigenvalue weighted by molar-refractivity contribution is 5.76. The maximum atomic E-state index is 5.66. The van der Waals surface area contributed by atoms with Crippen LogP contribution in [0.3, 0.4) is 0 Å². The summed E-state index contributed by atoms with van der Waals surface area (Å²) >= 11 is 0. The Bertz CT molecular complexity index is 688. The lowest BCUT2D eigenvalue weighted by molar-refractivity contribution is 0.607. The minimum atomic E-state index is 0.512. The lowest BCUT2D eigenvalue weighted by Crippen LogP contribution is -1.85. The summed E-state index contributed by atoms with van der Waals surface area (Å²) in [6, 6.07) is 9.69. The minimum Gasteiger partial charge on any atom is -0.418 e. The number of aromatic nitrogens is 2. The Balaban J connectivity index is 2.22. The van der Waals surface area contributed by atoms with Crippen LogP contribution >= 0.6 is 0 Å². The van der Waals surface area contributed by atoms with Crippen LogP contribution in [-0.4, -0.2) is 9.97 Å². The summed E-state index contributed by atoms with van der Waals surface area (Å²) in [7, 11) is 0. The van der Waals surface area contributed by atoms with Crippen molar-refractivity contribution in [1.29, 1.82) is 0 Å². The van der Waals surface area contributed by atoms with E-state index in [0.29, 0.717) is 22.8 Å². The third-order valence-electron chi connectivity index (χ3n) is 2.64. The quantitative estimate of drug-likeness (QED) is 0.691. The molecule has 4 nitrogen and oxygen atoms in total. The number of hydrogen-bond donors (Lipinski definition) is 1. The molecule has 0 unspecified atom stereocenters. The highest BCUT2D eigenvalue weighted by Crippen LogP contribution is 2.26. The average molecular weight is 225 g/mol. The van der Waals surface area contributed by atoms with Gasteiger partial charge < -0.3 is 10.2 Å². The van der Waals surface area contributed by atoms with E-state index >= 15 is 0 Å². The molecule has 0 saturated carbocycles. The molecule has 4 heteroatoms. The number of benzene rings is 1. The van der Waals surface area contributed by atoms with Gasteiger partial charge in [-0.3, -0.25) is 0 Å². The van der Waals surface area contributed by atoms with E-state index in [0.717, 1.165) is 11.1 Å². The molecule has 0 aliphatic heterocycles.